The standard InChI is InChI=1S/C21H34N6O4/c1-14(2)18(22)20(29)31-12-16(7-9-30-8-5-4-6-15(3)28)11-27-13-25-17-10-24-21(23)26-19(17)27/h10,13-14,16,18H,4-9,11-12,22H2,1-3H3,(H2,23,24,26)/t16-,18+/m1/s1. The van der Waals surface area contributed by atoms with Crippen LogP contribution in [0.15, 0.2) is 12.5 Å². The van der Waals surface area contributed by atoms with E-state index in [-0.39, 0.29) is 30.2 Å². The van der Waals surface area contributed by atoms with Gasteiger partial charge in [-0.3, -0.25) is 4.79 Å². The lowest BCUT2D eigenvalue weighted by atomic mass is 10.1. The molecular formula is C21H34N6O4. The van der Waals surface area contributed by atoms with E-state index in [2.05, 4.69) is 15.0 Å². The van der Waals surface area contributed by atoms with Gasteiger partial charge in [-0.25, -0.2) is 9.97 Å². The van der Waals surface area contributed by atoms with Gasteiger partial charge in [0.1, 0.15) is 17.3 Å². The average molecular weight is 435 g/mol. The van der Waals surface area contributed by atoms with Crippen LogP contribution < -0.4 is 11.5 Å². The van der Waals surface area contributed by atoms with Crippen molar-refractivity contribution in [3.8, 4) is 0 Å². The van der Waals surface area contributed by atoms with E-state index in [4.69, 9.17) is 20.9 Å². The van der Waals surface area contributed by atoms with Gasteiger partial charge in [0.15, 0.2) is 5.65 Å². The number of ether oxygens (including phenoxy) is 2. The number of anilines is 1. The van der Waals surface area contributed by atoms with Gasteiger partial charge < -0.3 is 30.3 Å². The van der Waals surface area contributed by atoms with Crippen molar-refractivity contribution in [2.45, 2.75) is 59.0 Å². The van der Waals surface area contributed by atoms with Crippen molar-refractivity contribution < 1.29 is 19.1 Å². The van der Waals surface area contributed by atoms with Crippen LogP contribution >= 0.6 is 0 Å². The van der Waals surface area contributed by atoms with Gasteiger partial charge in [0.25, 0.3) is 0 Å². The molecule has 0 radical (unpaired) electrons. The van der Waals surface area contributed by atoms with Crippen molar-refractivity contribution in [2.75, 3.05) is 25.6 Å². The summed E-state index contributed by atoms with van der Waals surface area (Å²) in [5.74, 6) is -0.0598. The van der Waals surface area contributed by atoms with E-state index in [1.54, 1.807) is 19.4 Å². The number of carbonyl (C=O) groups is 2. The zero-order valence-corrected chi connectivity index (χ0v) is 18.6. The number of nitrogens with two attached hydrogens (primary N) is 2. The second kappa shape index (κ2) is 12.3. The van der Waals surface area contributed by atoms with Crippen molar-refractivity contribution >= 4 is 28.9 Å². The summed E-state index contributed by atoms with van der Waals surface area (Å²) in [7, 11) is 0. The maximum absolute atomic E-state index is 12.2. The number of aromatic nitrogens is 4. The number of fused-ring (bicyclic) bond motifs is 1. The molecule has 0 aromatic carbocycles. The first-order valence-electron chi connectivity index (χ1n) is 10.7. The van der Waals surface area contributed by atoms with E-state index in [0.29, 0.717) is 43.8 Å². The molecule has 0 amide bonds. The highest BCUT2D eigenvalue weighted by Gasteiger charge is 2.21. The zero-order valence-electron chi connectivity index (χ0n) is 18.6. The second-order valence-electron chi connectivity index (χ2n) is 8.16. The largest absolute Gasteiger partial charge is 0.464 e. The lowest BCUT2D eigenvalue weighted by molar-refractivity contribution is -0.148. The number of nitrogens with zero attached hydrogens (tertiary/aromatic N) is 4. The van der Waals surface area contributed by atoms with Crippen LogP contribution in [0.5, 0.6) is 0 Å². The first-order chi connectivity index (χ1) is 14.8. The summed E-state index contributed by atoms with van der Waals surface area (Å²) in [6.07, 6.45) is 6.18. The summed E-state index contributed by atoms with van der Waals surface area (Å²) >= 11 is 0. The third-order valence-electron chi connectivity index (χ3n) is 5.02. The van der Waals surface area contributed by atoms with Crippen molar-refractivity contribution in [1.29, 1.82) is 0 Å². The minimum Gasteiger partial charge on any atom is -0.464 e. The summed E-state index contributed by atoms with van der Waals surface area (Å²) in [6, 6.07) is -0.653. The Labute approximate surface area is 182 Å². The average Bonchev–Trinajstić information content (AvgIpc) is 3.11. The van der Waals surface area contributed by atoms with Crippen molar-refractivity contribution in [1.82, 2.24) is 19.5 Å². The molecule has 0 bridgehead atoms. The molecule has 31 heavy (non-hydrogen) atoms. The first kappa shape index (κ1) is 24.7. The molecule has 2 rings (SSSR count). The molecule has 2 atom stereocenters. The fourth-order valence-corrected chi connectivity index (χ4v) is 3.01. The van der Waals surface area contributed by atoms with Crippen LogP contribution in [-0.2, 0) is 25.6 Å². The Morgan fingerprint density at radius 3 is 2.68 bits per heavy atom. The lowest BCUT2D eigenvalue weighted by Crippen LogP contribution is -2.38. The van der Waals surface area contributed by atoms with Crippen molar-refractivity contribution in [3.05, 3.63) is 12.5 Å². The Morgan fingerprint density at radius 1 is 1.19 bits per heavy atom. The normalized spacial score (nSPS) is 13.5. The molecular weight excluding hydrogens is 400 g/mol. The van der Waals surface area contributed by atoms with Gasteiger partial charge in [0.05, 0.1) is 19.1 Å². The molecule has 10 heteroatoms. The van der Waals surface area contributed by atoms with E-state index in [1.807, 2.05) is 18.4 Å². The molecule has 2 aromatic heterocycles. The van der Waals surface area contributed by atoms with Gasteiger partial charge in [0.2, 0.25) is 5.95 Å². The third kappa shape index (κ3) is 8.22. The number of rotatable bonds is 14. The first-order valence-corrected chi connectivity index (χ1v) is 10.7. The predicted octanol–water partition coefficient (Wildman–Crippen LogP) is 1.72. The van der Waals surface area contributed by atoms with Crippen LogP contribution in [0.3, 0.4) is 0 Å². The van der Waals surface area contributed by atoms with Crippen LogP contribution in [0, 0.1) is 11.8 Å². The molecule has 2 heterocycles. The molecule has 0 aliphatic rings. The predicted molar refractivity (Wildman–Crippen MR) is 117 cm³/mol. The summed E-state index contributed by atoms with van der Waals surface area (Å²) in [5.41, 5.74) is 12.9. The monoisotopic (exact) mass is 434 g/mol. The summed E-state index contributed by atoms with van der Waals surface area (Å²) in [5, 5.41) is 0. The fourth-order valence-electron chi connectivity index (χ4n) is 3.01. The number of esters is 1. The Kier molecular flexibility index (Phi) is 9.80. The highest BCUT2D eigenvalue weighted by molar-refractivity contribution is 5.76. The van der Waals surface area contributed by atoms with E-state index < -0.39 is 12.0 Å². The van der Waals surface area contributed by atoms with Crippen LogP contribution in [0.2, 0.25) is 0 Å². The number of carbonyl (C=O) groups excluding carboxylic acids is 2. The van der Waals surface area contributed by atoms with Gasteiger partial charge >= 0.3 is 5.97 Å². The summed E-state index contributed by atoms with van der Waals surface area (Å²) in [6.45, 7) is 7.21. The lowest BCUT2D eigenvalue weighted by Gasteiger charge is -2.20. The van der Waals surface area contributed by atoms with Crippen molar-refractivity contribution in [2.24, 2.45) is 17.6 Å². The molecule has 0 unspecified atom stereocenters. The maximum Gasteiger partial charge on any atom is 0.323 e. The van der Waals surface area contributed by atoms with Gasteiger partial charge in [-0.2, -0.15) is 4.98 Å². The summed E-state index contributed by atoms with van der Waals surface area (Å²) in [4.78, 5) is 35.7. The van der Waals surface area contributed by atoms with Crippen molar-refractivity contribution in [3.63, 3.8) is 0 Å². The topological polar surface area (TPSA) is 148 Å². The smallest absolute Gasteiger partial charge is 0.323 e. The molecule has 0 saturated heterocycles. The zero-order chi connectivity index (χ0) is 22.8. The Morgan fingerprint density at radius 2 is 1.97 bits per heavy atom. The number of ketones is 1. The van der Waals surface area contributed by atoms with Gasteiger partial charge in [-0.05, 0) is 32.1 Å². The minimum atomic E-state index is -0.653. The Balaban J connectivity index is 1.93. The second-order valence-corrected chi connectivity index (χ2v) is 8.16. The molecule has 10 nitrogen and oxygen atoms in total. The maximum atomic E-state index is 12.2. The van der Waals surface area contributed by atoms with Crippen LogP contribution in [-0.4, -0.2) is 57.1 Å². The molecule has 0 aliphatic carbocycles. The highest BCUT2D eigenvalue weighted by Crippen LogP contribution is 2.16. The molecule has 0 fully saturated rings. The number of nitrogen functional groups attached to an aromatic ring is 1. The molecule has 4 N–H and O–H groups in total. The van der Waals surface area contributed by atoms with E-state index in [1.165, 1.54) is 0 Å². The van der Waals surface area contributed by atoms with E-state index in [9.17, 15) is 9.59 Å². The molecule has 172 valence electrons. The van der Waals surface area contributed by atoms with Crippen LogP contribution in [0.4, 0.5) is 5.95 Å². The molecule has 2 aromatic rings. The SMILES string of the molecule is CC(=O)CCCCOCC[C@@H](COC(=O)[C@@H](N)C(C)C)Cn1cnc2cnc(N)nc21. The Bertz CT molecular complexity index is 854. The number of hydrogen-bond donors (Lipinski definition) is 2. The minimum absolute atomic E-state index is 0.00144. The van der Waals surface area contributed by atoms with Gasteiger partial charge in [0, 0.05) is 32.1 Å². The number of unbranched alkanes of at least 4 members (excludes halogenated alkanes) is 1. The van der Waals surface area contributed by atoms with Gasteiger partial charge in [-0.1, -0.05) is 13.8 Å². The number of imidazole rings is 1. The van der Waals surface area contributed by atoms with E-state index >= 15 is 0 Å². The number of hydrogen-bond acceptors (Lipinski definition) is 9. The van der Waals surface area contributed by atoms with E-state index in [0.717, 1.165) is 12.8 Å². The number of Topliss-reactive ketones (excluding diaryl/α,β-unsaturated/α-hetero) is 1. The molecule has 0 aliphatic heterocycles. The van der Waals surface area contributed by atoms with Gasteiger partial charge in [-0.15, -0.1) is 0 Å². The Hall–Kier alpha value is -2.59. The van der Waals surface area contributed by atoms with Crippen LogP contribution in [0.25, 0.3) is 11.2 Å². The summed E-state index contributed by atoms with van der Waals surface area (Å²) < 4.78 is 13.1. The van der Waals surface area contributed by atoms with Crippen LogP contribution in [0.1, 0.15) is 46.5 Å². The quantitative estimate of drug-likeness (QED) is 0.335. The molecule has 0 saturated carbocycles. The fraction of sp³-hybridized carbons (Fsp3) is 0.667. The highest BCUT2D eigenvalue weighted by atomic mass is 16.5. The molecule has 0 spiro atoms. The third-order valence-corrected chi connectivity index (χ3v) is 5.02.